The molecule has 2 aromatic rings. The first-order valence-corrected chi connectivity index (χ1v) is 7.65. The van der Waals surface area contributed by atoms with Crippen LogP contribution in [0, 0.1) is 20.8 Å². The van der Waals surface area contributed by atoms with Crippen molar-refractivity contribution in [2.24, 2.45) is 0 Å². The molecular weight excluding hydrogens is 306 g/mol. The summed E-state index contributed by atoms with van der Waals surface area (Å²) in [6, 6.07) is 11.7. The molecule has 0 radical (unpaired) electrons. The fourth-order valence-electron chi connectivity index (χ4n) is 2.52. The van der Waals surface area contributed by atoms with Crippen molar-refractivity contribution in [1.29, 1.82) is 0 Å². The van der Waals surface area contributed by atoms with Crippen LogP contribution >= 0.6 is 0 Å². The number of hydrogen-bond acceptors (Lipinski definition) is 3. The maximum atomic E-state index is 12.1. The normalized spacial score (nSPS) is 11.6. The predicted molar refractivity (Wildman–Crippen MR) is 91.1 cm³/mol. The van der Waals surface area contributed by atoms with Gasteiger partial charge in [-0.3, -0.25) is 4.79 Å². The highest BCUT2D eigenvalue weighted by atomic mass is 16.5. The number of ether oxygens (including phenoxy) is 1. The summed E-state index contributed by atoms with van der Waals surface area (Å²) in [6.45, 7) is 5.46. The van der Waals surface area contributed by atoms with Crippen molar-refractivity contribution in [1.82, 2.24) is 5.32 Å². The summed E-state index contributed by atoms with van der Waals surface area (Å²) >= 11 is 0. The van der Waals surface area contributed by atoms with Crippen molar-refractivity contribution in [3.05, 3.63) is 64.7 Å². The number of nitrogens with one attached hydrogen (secondary N) is 1. The molecule has 24 heavy (non-hydrogen) atoms. The van der Waals surface area contributed by atoms with E-state index in [-0.39, 0.29) is 6.61 Å². The first kappa shape index (κ1) is 17.5. The van der Waals surface area contributed by atoms with Gasteiger partial charge in [0, 0.05) is 0 Å². The average molecular weight is 327 g/mol. The largest absolute Gasteiger partial charge is 0.484 e. The number of carboxylic acid groups (broad SMARTS) is 1. The molecule has 0 spiro atoms. The summed E-state index contributed by atoms with van der Waals surface area (Å²) < 4.78 is 5.41. The molecule has 0 aliphatic heterocycles. The minimum atomic E-state index is -1.11. The van der Waals surface area contributed by atoms with Crippen LogP contribution in [0.15, 0.2) is 42.5 Å². The number of hydrogen-bond donors (Lipinski definition) is 2. The Morgan fingerprint density at radius 2 is 1.71 bits per heavy atom. The molecule has 0 aliphatic rings. The van der Waals surface area contributed by atoms with Crippen LogP contribution in [0.25, 0.3) is 0 Å². The molecule has 0 aromatic heterocycles. The standard InChI is InChI=1S/C19H21NO4/c1-12-5-4-6-16(10-12)24-11-17(21)20-18(19(22)23)15-8-13(2)7-14(3)9-15/h4-10,18H,11H2,1-3H3,(H,20,21)(H,22,23). The van der Waals surface area contributed by atoms with Crippen LogP contribution in [0.4, 0.5) is 0 Å². The van der Waals surface area contributed by atoms with Crippen molar-refractivity contribution in [2.45, 2.75) is 26.8 Å². The molecule has 5 heteroatoms. The molecule has 0 saturated heterocycles. The summed E-state index contributed by atoms with van der Waals surface area (Å²) in [7, 11) is 0. The SMILES string of the molecule is Cc1cccc(OCC(=O)NC(C(=O)O)c2cc(C)cc(C)c2)c1. The Kier molecular flexibility index (Phi) is 5.58. The zero-order chi connectivity index (χ0) is 17.7. The highest BCUT2D eigenvalue weighted by molar-refractivity contribution is 5.85. The summed E-state index contributed by atoms with van der Waals surface area (Å²) in [6.07, 6.45) is 0. The number of aliphatic carboxylic acids is 1. The van der Waals surface area contributed by atoms with Crippen molar-refractivity contribution >= 4 is 11.9 Å². The second kappa shape index (κ2) is 7.64. The number of carbonyl (C=O) groups excluding carboxylic acids is 1. The molecule has 5 nitrogen and oxygen atoms in total. The van der Waals surface area contributed by atoms with Crippen LogP contribution in [0.1, 0.15) is 28.3 Å². The molecule has 2 aromatic carbocycles. The lowest BCUT2D eigenvalue weighted by Gasteiger charge is -2.16. The van der Waals surface area contributed by atoms with Gasteiger partial charge in [-0.25, -0.2) is 4.79 Å². The first-order chi connectivity index (χ1) is 11.3. The van der Waals surface area contributed by atoms with E-state index in [0.717, 1.165) is 16.7 Å². The summed E-state index contributed by atoms with van der Waals surface area (Å²) in [4.78, 5) is 23.6. The average Bonchev–Trinajstić information content (AvgIpc) is 2.49. The minimum absolute atomic E-state index is 0.238. The lowest BCUT2D eigenvalue weighted by molar-refractivity contribution is -0.142. The Morgan fingerprint density at radius 3 is 2.29 bits per heavy atom. The summed E-state index contributed by atoms with van der Waals surface area (Å²) in [5.74, 6) is -1.02. The van der Waals surface area contributed by atoms with Crippen molar-refractivity contribution < 1.29 is 19.4 Å². The Morgan fingerprint density at radius 1 is 1.04 bits per heavy atom. The van der Waals surface area contributed by atoms with Crippen LogP contribution in [0.2, 0.25) is 0 Å². The van der Waals surface area contributed by atoms with Gasteiger partial charge in [0.25, 0.3) is 5.91 Å². The molecule has 126 valence electrons. The van der Waals surface area contributed by atoms with Gasteiger partial charge in [-0.05, 0) is 44.0 Å². The highest BCUT2D eigenvalue weighted by Crippen LogP contribution is 2.18. The predicted octanol–water partition coefficient (Wildman–Crippen LogP) is 2.93. The van der Waals surface area contributed by atoms with Crippen LogP contribution in [-0.2, 0) is 9.59 Å². The fourth-order valence-corrected chi connectivity index (χ4v) is 2.52. The zero-order valence-electron chi connectivity index (χ0n) is 14.0. The summed E-state index contributed by atoms with van der Waals surface area (Å²) in [5, 5.41) is 11.9. The van der Waals surface area contributed by atoms with Gasteiger partial charge in [-0.2, -0.15) is 0 Å². The number of amides is 1. The van der Waals surface area contributed by atoms with Gasteiger partial charge in [0.05, 0.1) is 0 Å². The smallest absolute Gasteiger partial charge is 0.330 e. The maximum absolute atomic E-state index is 12.1. The fraction of sp³-hybridized carbons (Fsp3) is 0.263. The Bertz CT molecular complexity index is 735. The van der Waals surface area contributed by atoms with Crippen molar-refractivity contribution in [3.63, 3.8) is 0 Å². The van der Waals surface area contributed by atoms with E-state index in [1.807, 2.05) is 45.0 Å². The third kappa shape index (κ3) is 4.84. The molecule has 2 rings (SSSR count). The molecule has 1 unspecified atom stereocenters. The van der Waals surface area contributed by atoms with E-state index >= 15 is 0 Å². The van der Waals surface area contributed by atoms with E-state index in [0.29, 0.717) is 11.3 Å². The van der Waals surface area contributed by atoms with E-state index in [4.69, 9.17) is 4.74 Å². The second-order valence-electron chi connectivity index (χ2n) is 5.86. The molecule has 2 N–H and O–H groups in total. The number of carbonyl (C=O) groups is 2. The van der Waals surface area contributed by atoms with Gasteiger partial charge < -0.3 is 15.2 Å². The summed E-state index contributed by atoms with van der Waals surface area (Å²) in [5.41, 5.74) is 3.46. The quantitative estimate of drug-likeness (QED) is 0.855. The number of benzene rings is 2. The Labute approximate surface area is 141 Å². The molecule has 0 bridgehead atoms. The number of aryl methyl sites for hydroxylation is 3. The molecule has 0 aliphatic carbocycles. The molecular formula is C19H21NO4. The van der Waals surface area contributed by atoms with E-state index in [1.165, 1.54) is 0 Å². The van der Waals surface area contributed by atoms with E-state index < -0.39 is 17.9 Å². The van der Waals surface area contributed by atoms with Crippen LogP contribution < -0.4 is 10.1 Å². The van der Waals surface area contributed by atoms with Crippen molar-refractivity contribution in [3.8, 4) is 5.75 Å². The molecule has 0 fully saturated rings. The van der Waals surface area contributed by atoms with Gasteiger partial charge in [-0.1, -0.05) is 41.5 Å². The first-order valence-electron chi connectivity index (χ1n) is 7.65. The number of rotatable bonds is 6. The van der Waals surface area contributed by atoms with E-state index in [1.54, 1.807) is 18.2 Å². The van der Waals surface area contributed by atoms with E-state index in [2.05, 4.69) is 5.32 Å². The second-order valence-corrected chi connectivity index (χ2v) is 5.86. The lowest BCUT2D eigenvalue weighted by atomic mass is 10.0. The Hall–Kier alpha value is -2.82. The Balaban J connectivity index is 2.04. The molecule has 1 atom stereocenters. The topological polar surface area (TPSA) is 75.6 Å². The monoisotopic (exact) mass is 327 g/mol. The van der Waals surface area contributed by atoms with Gasteiger partial charge in [0.2, 0.25) is 0 Å². The third-order valence-corrected chi connectivity index (χ3v) is 3.49. The van der Waals surface area contributed by atoms with Crippen LogP contribution in [0.5, 0.6) is 5.75 Å². The highest BCUT2D eigenvalue weighted by Gasteiger charge is 2.22. The molecule has 0 heterocycles. The van der Waals surface area contributed by atoms with Crippen LogP contribution in [0.3, 0.4) is 0 Å². The zero-order valence-corrected chi connectivity index (χ0v) is 14.0. The third-order valence-electron chi connectivity index (χ3n) is 3.49. The van der Waals surface area contributed by atoms with Gasteiger partial charge in [0.1, 0.15) is 5.75 Å². The van der Waals surface area contributed by atoms with Crippen molar-refractivity contribution in [2.75, 3.05) is 6.61 Å². The lowest BCUT2D eigenvalue weighted by Crippen LogP contribution is -2.36. The van der Waals surface area contributed by atoms with Crippen LogP contribution in [-0.4, -0.2) is 23.6 Å². The molecule has 1 amide bonds. The minimum Gasteiger partial charge on any atom is -0.484 e. The van der Waals surface area contributed by atoms with Gasteiger partial charge in [0.15, 0.2) is 12.6 Å². The van der Waals surface area contributed by atoms with E-state index in [9.17, 15) is 14.7 Å². The number of carboxylic acids is 1. The maximum Gasteiger partial charge on any atom is 0.330 e. The molecule has 0 saturated carbocycles. The van der Waals surface area contributed by atoms with Gasteiger partial charge >= 0.3 is 5.97 Å². The van der Waals surface area contributed by atoms with Gasteiger partial charge in [-0.15, -0.1) is 0 Å².